The highest BCUT2D eigenvalue weighted by Crippen LogP contribution is 2.28. The first kappa shape index (κ1) is 12.0. The van der Waals surface area contributed by atoms with Gasteiger partial charge < -0.3 is 10.0 Å². The highest BCUT2D eigenvalue weighted by molar-refractivity contribution is 5.80. The molecule has 0 heterocycles. The molecule has 0 aromatic heterocycles. The molecule has 17 heavy (non-hydrogen) atoms. The van der Waals surface area contributed by atoms with Crippen LogP contribution in [-0.4, -0.2) is 28.5 Å². The molecule has 0 aliphatic heterocycles. The molecule has 0 bridgehead atoms. The summed E-state index contributed by atoms with van der Waals surface area (Å²) in [6, 6.07) is 7.51. The molecular weight excluding hydrogens is 214 g/mol. The van der Waals surface area contributed by atoms with E-state index >= 15 is 0 Å². The van der Waals surface area contributed by atoms with E-state index in [0.717, 1.165) is 31.4 Å². The van der Waals surface area contributed by atoms with Gasteiger partial charge in [-0.15, -0.1) is 0 Å². The van der Waals surface area contributed by atoms with Crippen molar-refractivity contribution in [3.05, 3.63) is 29.8 Å². The minimum atomic E-state index is 0.135. The zero-order valence-corrected chi connectivity index (χ0v) is 10.2. The maximum atomic E-state index is 12.2. The highest BCUT2D eigenvalue weighted by Gasteiger charge is 2.31. The second-order valence-electron chi connectivity index (χ2n) is 4.62. The third kappa shape index (κ3) is 2.99. The predicted molar refractivity (Wildman–Crippen MR) is 66.8 cm³/mol. The van der Waals surface area contributed by atoms with Crippen LogP contribution in [0.1, 0.15) is 31.7 Å². The molecule has 0 atom stereocenters. The van der Waals surface area contributed by atoms with Crippen LogP contribution in [0.4, 0.5) is 0 Å². The number of amides is 1. The van der Waals surface area contributed by atoms with E-state index < -0.39 is 0 Å². The third-order valence-electron chi connectivity index (χ3n) is 3.11. The monoisotopic (exact) mass is 233 g/mol. The Labute approximate surface area is 102 Å². The largest absolute Gasteiger partial charge is 0.508 e. The number of benzene rings is 1. The Morgan fingerprint density at radius 2 is 2.12 bits per heavy atom. The van der Waals surface area contributed by atoms with Gasteiger partial charge in [-0.3, -0.25) is 4.79 Å². The Balaban J connectivity index is 2.02. The van der Waals surface area contributed by atoms with Gasteiger partial charge in [0.05, 0.1) is 6.42 Å². The topological polar surface area (TPSA) is 40.5 Å². The van der Waals surface area contributed by atoms with Crippen molar-refractivity contribution in [3.8, 4) is 5.75 Å². The van der Waals surface area contributed by atoms with Gasteiger partial charge in [-0.05, 0) is 25.3 Å². The fourth-order valence-electron chi connectivity index (χ4n) is 2.06. The molecule has 3 nitrogen and oxygen atoms in total. The molecule has 3 heteroatoms. The van der Waals surface area contributed by atoms with Crippen molar-refractivity contribution in [1.82, 2.24) is 4.90 Å². The van der Waals surface area contributed by atoms with E-state index in [1.165, 1.54) is 0 Å². The van der Waals surface area contributed by atoms with Gasteiger partial charge >= 0.3 is 0 Å². The summed E-state index contributed by atoms with van der Waals surface area (Å²) in [5.41, 5.74) is 0.722. The van der Waals surface area contributed by atoms with Gasteiger partial charge in [0.25, 0.3) is 0 Å². The standard InChI is InChI=1S/C14H19NO2/c1-2-9-15(12-7-8-12)14(17)10-11-5-3-4-6-13(11)16/h3-6,12,16H,2,7-10H2,1H3. The Kier molecular flexibility index (Phi) is 3.67. The molecule has 92 valence electrons. The van der Waals surface area contributed by atoms with Crippen LogP contribution in [0.25, 0.3) is 0 Å². The number of rotatable bonds is 5. The number of carbonyl (C=O) groups excluding carboxylic acids is 1. The van der Waals surface area contributed by atoms with Crippen molar-refractivity contribution in [3.63, 3.8) is 0 Å². The van der Waals surface area contributed by atoms with Crippen molar-refractivity contribution in [2.45, 2.75) is 38.6 Å². The molecule has 0 radical (unpaired) electrons. The molecule has 1 aromatic rings. The lowest BCUT2D eigenvalue weighted by Gasteiger charge is -2.21. The van der Waals surface area contributed by atoms with Gasteiger partial charge in [-0.1, -0.05) is 25.1 Å². The first-order chi connectivity index (χ1) is 8.22. The van der Waals surface area contributed by atoms with Crippen LogP contribution in [0.3, 0.4) is 0 Å². The van der Waals surface area contributed by atoms with Crippen LogP contribution in [0.2, 0.25) is 0 Å². The van der Waals surface area contributed by atoms with Gasteiger partial charge in [0, 0.05) is 18.2 Å². The highest BCUT2D eigenvalue weighted by atomic mass is 16.3. The molecule has 2 rings (SSSR count). The molecule has 1 aliphatic rings. The molecule has 1 aliphatic carbocycles. The van der Waals surface area contributed by atoms with E-state index in [-0.39, 0.29) is 11.7 Å². The Morgan fingerprint density at radius 1 is 1.41 bits per heavy atom. The van der Waals surface area contributed by atoms with Crippen LogP contribution in [0, 0.1) is 0 Å². The quantitative estimate of drug-likeness (QED) is 0.848. The first-order valence-electron chi connectivity index (χ1n) is 6.28. The number of phenolic OH excluding ortho intramolecular Hbond substituents is 1. The van der Waals surface area contributed by atoms with E-state index in [1.54, 1.807) is 12.1 Å². The summed E-state index contributed by atoms with van der Waals surface area (Å²) in [5, 5.41) is 9.65. The van der Waals surface area contributed by atoms with Crippen LogP contribution < -0.4 is 0 Å². The zero-order chi connectivity index (χ0) is 12.3. The molecule has 1 N–H and O–H groups in total. The van der Waals surface area contributed by atoms with Gasteiger partial charge in [0.2, 0.25) is 5.91 Å². The Bertz CT molecular complexity index is 399. The smallest absolute Gasteiger partial charge is 0.227 e. The van der Waals surface area contributed by atoms with E-state index in [1.807, 2.05) is 17.0 Å². The van der Waals surface area contributed by atoms with Gasteiger partial charge in [-0.2, -0.15) is 0 Å². The average Bonchev–Trinajstić information content (AvgIpc) is 3.13. The number of nitrogens with zero attached hydrogens (tertiary/aromatic N) is 1. The minimum Gasteiger partial charge on any atom is -0.508 e. The molecule has 0 spiro atoms. The summed E-state index contributed by atoms with van der Waals surface area (Å²) in [7, 11) is 0. The van der Waals surface area contributed by atoms with Crippen LogP contribution in [-0.2, 0) is 11.2 Å². The van der Waals surface area contributed by atoms with E-state index in [2.05, 4.69) is 6.92 Å². The van der Waals surface area contributed by atoms with Crippen molar-refractivity contribution in [2.75, 3.05) is 6.54 Å². The van der Waals surface area contributed by atoms with E-state index in [0.29, 0.717) is 12.5 Å². The second-order valence-corrected chi connectivity index (χ2v) is 4.62. The molecule has 1 aromatic carbocycles. The molecule has 1 fully saturated rings. The summed E-state index contributed by atoms with van der Waals surface area (Å²) in [4.78, 5) is 14.1. The summed E-state index contributed by atoms with van der Waals surface area (Å²) in [6.45, 7) is 2.92. The maximum Gasteiger partial charge on any atom is 0.227 e. The number of para-hydroxylation sites is 1. The molecular formula is C14H19NO2. The lowest BCUT2D eigenvalue weighted by atomic mass is 10.1. The summed E-state index contributed by atoms with van der Waals surface area (Å²) < 4.78 is 0. The Hall–Kier alpha value is -1.51. The van der Waals surface area contributed by atoms with Crippen molar-refractivity contribution < 1.29 is 9.90 Å². The van der Waals surface area contributed by atoms with Gasteiger partial charge in [0.15, 0.2) is 0 Å². The minimum absolute atomic E-state index is 0.135. The van der Waals surface area contributed by atoms with Crippen LogP contribution in [0.15, 0.2) is 24.3 Å². The average molecular weight is 233 g/mol. The summed E-state index contributed by atoms with van der Waals surface area (Å²) in [6.07, 6.45) is 3.56. The predicted octanol–water partition coefficient (Wildman–Crippen LogP) is 2.34. The second kappa shape index (κ2) is 5.21. The fourth-order valence-corrected chi connectivity index (χ4v) is 2.06. The summed E-state index contributed by atoms with van der Waals surface area (Å²) in [5.74, 6) is 0.351. The maximum absolute atomic E-state index is 12.2. The van der Waals surface area contributed by atoms with Gasteiger partial charge in [-0.25, -0.2) is 0 Å². The number of aromatic hydroxyl groups is 1. The van der Waals surface area contributed by atoms with Crippen LogP contribution in [0.5, 0.6) is 5.75 Å². The zero-order valence-electron chi connectivity index (χ0n) is 10.2. The first-order valence-corrected chi connectivity index (χ1v) is 6.28. The van der Waals surface area contributed by atoms with E-state index in [9.17, 15) is 9.90 Å². The third-order valence-corrected chi connectivity index (χ3v) is 3.11. The molecule has 0 unspecified atom stereocenters. The lowest BCUT2D eigenvalue weighted by molar-refractivity contribution is -0.131. The van der Waals surface area contributed by atoms with Gasteiger partial charge in [0.1, 0.15) is 5.75 Å². The lowest BCUT2D eigenvalue weighted by Crippen LogP contribution is -2.34. The molecule has 1 saturated carbocycles. The van der Waals surface area contributed by atoms with Crippen molar-refractivity contribution in [1.29, 1.82) is 0 Å². The number of hydrogen-bond donors (Lipinski definition) is 1. The SMILES string of the molecule is CCCN(C(=O)Cc1ccccc1O)C1CC1. The number of hydrogen-bond acceptors (Lipinski definition) is 2. The number of phenols is 1. The van der Waals surface area contributed by atoms with E-state index in [4.69, 9.17) is 0 Å². The summed E-state index contributed by atoms with van der Waals surface area (Å²) >= 11 is 0. The normalized spacial score (nSPS) is 14.6. The molecule has 1 amide bonds. The Morgan fingerprint density at radius 3 is 2.71 bits per heavy atom. The van der Waals surface area contributed by atoms with Crippen molar-refractivity contribution in [2.24, 2.45) is 0 Å². The van der Waals surface area contributed by atoms with Crippen LogP contribution >= 0.6 is 0 Å². The van der Waals surface area contributed by atoms with Crippen molar-refractivity contribution >= 4 is 5.91 Å². The number of carbonyl (C=O) groups is 1. The molecule has 0 saturated heterocycles. The fraction of sp³-hybridized carbons (Fsp3) is 0.500.